The van der Waals surface area contributed by atoms with Crippen LogP contribution >= 0.6 is 11.6 Å². The summed E-state index contributed by atoms with van der Waals surface area (Å²) in [6.45, 7) is 2.23. The van der Waals surface area contributed by atoms with Gasteiger partial charge in [-0.15, -0.1) is 0 Å². The van der Waals surface area contributed by atoms with Crippen LogP contribution in [0.4, 0.5) is 4.39 Å². The number of nitrogens with zero attached hydrogens (tertiary/aromatic N) is 3. The van der Waals surface area contributed by atoms with Gasteiger partial charge < -0.3 is 9.42 Å². The molecule has 3 rings (SSSR count). The van der Waals surface area contributed by atoms with Gasteiger partial charge in [0.1, 0.15) is 11.9 Å². The van der Waals surface area contributed by atoms with Gasteiger partial charge in [-0.2, -0.15) is 4.98 Å². The maximum Gasteiger partial charge on any atom is 0.259 e. The van der Waals surface area contributed by atoms with Gasteiger partial charge in [-0.1, -0.05) is 22.8 Å². The average Bonchev–Trinajstić information content (AvgIpc) is 2.93. The van der Waals surface area contributed by atoms with Gasteiger partial charge >= 0.3 is 0 Å². The molecule has 0 N–H and O–H groups in total. The number of hydrogen-bond acceptors (Lipinski definition) is 4. The Kier molecular flexibility index (Phi) is 4.11. The first-order chi connectivity index (χ1) is 10.6. The minimum Gasteiger partial charge on any atom is -0.337 e. The Morgan fingerprint density at radius 3 is 2.95 bits per heavy atom. The summed E-state index contributed by atoms with van der Waals surface area (Å²) >= 11 is 6.00. The second kappa shape index (κ2) is 6.04. The summed E-state index contributed by atoms with van der Waals surface area (Å²) in [5.41, 5.74) is -0.104. The summed E-state index contributed by atoms with van der Waals surface area (Å²) in [4.78, 5) is 18.5. The molecule has 5 nitrogen and oxygen atoms in total. The number of amides is 1. The first-order valence-electron chi connectivity index (χ1n) is 7.13. The van der Waals surface area contributed by atoms with E-state index in [1.165, 1.54) is 18.2 Å². The molecular formula is C15H15ClFN3O2. The molecule has 1 aliphatic rings. The molecule has 1 fully saturated rings. The van der Waals surface area contributed by atoms with E-state index in [2.05, 4.69) is 10.1 Å². The van der Waals surface area contributed by atoms with Crippen LogP contribution in [0.3, 0.4) is 0 Å². The SMILES string of the molecule is Cc1noc([C@@H]2CCCCN2C(=O)c2c(F)cccc2Cl)n1. The van der Waals surface area contributed by atoms with E-state index < -0.39 is 11.7 Å². The van der Waals surface area contributed by atoms with Gasteiger partial charge in [-0.05, 0) is 38.3 Å². The molecule has 0 saturated carbocycles. The summed E-state index contributed by atoms with van der Waals surface area (Å²) in [5, 5.41) is 3.88. The summed E-state index contributed by atoms with van der Waals surface area (Å²) < 4.78 is 19.2. The highest BCUT2D eigenvalue weighted by atomic mass is 35.5. The molecule has 2 heterocycles. The smallest absolute Gasteiger partial charge is 0.259 e. The van der Waals surface area contributed by atoms with Crippen LogP contribution in [0.25, 0.3) is 0 Å². The lowest BCUT2D eigenvalue weighted by Crippen LogP contribution is -2.39. The molecule has 1 aliphatic heterocycles. The molecule has 1 saturated heterocycles. The van der Waals surface area contributed by atoms with Gasteiger partial charge in [-0.3, -0.25) is 4.79 Å². The van der Waals surface area contributed by atoms with Crippen molar-refractivity contribution in [3.8, 4) is 0 Å². The zero-order valence-corrected chi connectivity index (χ0v) is 12.8. The van der Waals surface area contributed by atoms with Crippen LogP contribution in [-0.2, 0) is 0 Å². The molecule has 0 bridgehead atoms. The maximum atomic E-state index is 14.0. The number of carbonyl (C=O) groups is 1. The number of carbonyl (C=O) groups excluding carboxylic acids is 1. The average molecular weight is 324 g/mol. The Labute approximate surface area is 132 Å². The van der Waals surface area contributed by atoms with E-state index in [-0.39, 0.29) is 16.6 Å². The van der Waals surface area contributed by atoms with Crippen molar-refractivity contribution in [1.29, 1.82) is 0 Å². The van der Waals surface area contributed by atoms with Crippen LogP contribution in [0.1, 0.15) is 47.4 Å². The van der Waals surface area contributed by atoms with Gasteiger partial charge in [0.05, 0.1) is 10.6 Å². The van der Waals surface area contributed by atoms with Crippen LogP contribution in [-0.4, -0.2) is 27.5 Å². The van der Waals surface area contributed by atoms with Crippen LogP contribution in [0, 0.1) is 12.7 Å². The Balaban J connectivity index is 1.95. The number of piperidine rings is 1. The quantitative estimate of drug-likeness (QED) is 0.848. The summed E-state index contributed by atoms with van der Waals surface area (Å²) in [6.07, 6.45) is 2.50. The molecule has 1 aromatic carbocycles. The number of rotatable bonds is 2. The third-order valence-corrected chi connectivity index (χ3v) is 4.08. The number of benzene rings is 1. The molecule has 0 unspecified atom stereocenters. The van der Waals surface area contributed by atoms with Crippen LogP contribution < -0.4 is 0 Å². The second-order valence-electron chi connectivity index (χ2n) is 5.29. The van der Waals surface area contributed by atoms with E-state index in [0.717, 1.165) is 12.8 Å². The van der Waals surface area contributed by atoms with Gasteiger partial charge in [0.25, 0.3) is 5.91 Å². The van der Waals surface area contributed by atoms with Crippen molar-refractivity contribution in [1.82, 2.24) is 15.0 Å². The number of aryl methyl sites for hydroxylation is 1. The van der Waals surface area contributed by atoms with E-state index in [1.807, 2.05) is 0 Å². The number of halogens is 2. The highest BCUT2D eigenvalue weighted by Gasteiger charge is 2.34. The lowest BCUT2D eigenvalue weighted by Gasteiger charge is -2.33. The highest BCUT2D eigenvalue weighted by Crippen LogP contribution is 2.33. The third kappa shape index (κ3) is 2.70. The lowest BCUT2D eigenvalue weighted by molar-refractivity contribution is 0.0557. The molecule has 0 radical (unpaired) electrons. The first kappa shape index (κ1) is 15.0. The first-order valence-corrected chi connectivity index (χ1v) is 7.51. The van der Waals surface area contributed by atoms with Gasteiger partial charge in [0, 0.05) is 6.54 Å². The van der Waals surface area contributed by atoms with Crippen molar-refractivity contribution < 1.29 is 13.7 Å². The summed E-state index contributed by atoms with van der Waals surface area (Å²) in [6, 6.07) is 3.88. The highest BCUT2D eigenvalue weighted by molar-refractivity contribution is 6.33. The van der Waals surface area contributed by atoms with Gasteiger partial charge in [0.2, 0.25) is 5.89 Å². The fourth-order valence-electron chi connectivity index (χ4n) is 2.73. The zero-order chi connectivity index (χ0) is 15.7. The zero-order valence-electron chi connectivity index (χ0n) is 12.1. The molecule has 22 heavy (non-hydrogen) atoms. The topological polar surface area (TPSA) is 59.2 Å². The monoisotopic (exact) mass is 323 g/mol. The van der Waals surface area contributed by atoms with Gasteiger partial charge in [0.15, 0.2) is 5.82 Å². The van der Waals surface area contributed by atoms with E-state index in [4.69, 9.17) is 16.1 Å². The Morgan fingerprint density at radius 1 is 1.45 bits per heavy atom. The molecule has 116 valence electrons. The maximum absolute atomic E-state index is 14.0. The predicted molar refractivity (Wildman–Crippen MR) is 78.1 cm³/mol. The predicted octanol–water partition coefficient (Wildman–Crippen LogP) is 3.54. The fraction of sp³-hybridized carbons (Fsp3) is 0.400. The molecular weight excluding hydrogens is 309 g/mol. The van der Waals surface area contributed by atoms with Crippen molar-refractivity contribution in [2.45, 2.75) is 32.2 Å². The second-order valence-corrected chi connectivity index (χ2v) is 5.69. The van der Waals surface area contributed by atoms with Crippen molar-refractivity contribution in [3.05, 3.63) is 46.3 Å². The fourth-order valence-corrected chi connectivity index (χ4v) is 2.97. The minimum absolute atomic E-state index is 0.104. The molecule has 1 atom stereocenters. The Morgan fingerprint density at radius 2 is 2.27 bits per heavy atom. The van der Waals surface area contributed by atoms with Crippen molar-refractivity contribution >= 4 is 17.5 Å². The van der Waals surface area contributed by atoms with Crippen molar-refractivity contribution in [2.75, 3.05) is 6.54 Å². The number of hydrogen-bond donors (Lipinski definition) is 0. The number of likely N-dealkylation sites (tertiary alicyclic amines) is 1. The molecule has 1 aromatic heterocycles. The normalized spacial score (nSPS) is 18.5. The van der Waals surface area contributed by atoms with Crippen molar-refractivity contribution in [3.63, 3.8) is 0 Å². The summed E-state index contributed by atoms with van der Waals surface area (Å²) in [5.74, 6) is -0.165. The van der Waals surface area contributed by atoms with E-state index in [0.29, 0.717) is 24.7 Å². The summed E-state index contributed by atoms with van der Waals surface area (Å²) in [7, 11) is 0. The molecule has 0 spiro atoms. The van der Waals surface area contributed by atoms with Crippen molar-refractivity contribution in [2.24, 2.45) is 0 Å². The Hall–Kier alpha value is -1.95. The van der Waals surface area contributed by atoms with Gasteiger partial charge in [-0.25, -0.2) is 4.39 Å². The van der Waals surface area contributed by atoms with E-state index >= 15 is 0 Å². The van der Waals surface area contributed by atoms with Crippen LogP contribution in [0.2, 0.25) is 5.02 Å². The number of aromatic nitrogens is 2. The minimum atomic E-state index is -0.622. The largest absolute Gasteiger partial charge is 0.337 e. The lowest BCUT2D eigenvalue weighted by atomic mass is 10.0. The third-order valence-electron chi connectivity index (χ3n) is 3.77. The van der Waals surface area contributed by atoms with Crippen LogP contribution in [0.15, 0.2) is 22.7 Å². The van der Waals surface area contributed by atoms with Crippen LogP contribution in [0.5, 0.6) is 0 Å². The molecule has 7 heteroatoms. The molecule has 0 aliphatic carbocycles. The standard InChI is InChI=1S/C15H15ClFN3O2/c1-9-18-14(22-19-9)12-7-2-3-8-20(12)15(21)13-10(16)5-4-6-11(13)17/h4-6,12H,2-3,7-8H2,1H3/t12-/m0/s1. The molecule has 1 amide bonds. The Bertz CT molecular complexity index is 684. The van der Waals surface area contributed by atoms with E-state index in [9.17, 15) is 9.18 Å². The van der Waals surface area contributed by atoms with E-state index in [1.54, 1.807) is 11.8 Å². The molecule has 2 aromatic rings.